The molecule has 0 saturated carbocycles. The van der Waals surface area contributed by atoms with Gasteiger partial charge in [-0.1, -0.05) is 12.1 Å². The number of nitrogens with zero attached hydrogens (tertiary/aromatic N) is 2. The number of rotatable bonds is 11. The van der Waals surface area contributed by atoms with Crippen LogP contribution in [0.5, 0.6) is 17.2 Å². The van der Waals surface area contributed by atoms with Crippen LogP contribution in [-0.4, -0.2) is 64.5 Å². The quantitative estimate of drug-likeness (QED) is 0.411. The molecule has 0 spiro atoms. The van der Waals surface area contributed by atoms with Crippen molar-refractivity contribution in [2.45, 2.75) is 13.0 Å². The van der Waals surface area contributed by atoms with E-state index in [0.29, 0.717) is 48.2 Å². The zero-order valence-corrected chi connectivity index (χ0v) is 20.1. The van der Waals surface area contributed by atoms with Gasteiger partial charge in [0.1, 0.15) is 5.39 Å². The van der Waals surface area contributed by atoms with Gasteiger partial charge in [-0.15, -0.1) is 0 Å². The smallest absolute Gasteiger partial charge is 0.264 e. The van der Waals surface area contributed by atoms with Crippen molar-refractivity contribution < 1.29 is 23.7 Å². The molecule has 0 atom stereocenters. The maximum Gasteiger partial charge on any atom is 0.264 e. The second-order valence-electron chi connectivity index (χ2n) is 7.59. The Morgan fingerprint density at radius 2 is 1.85 bits per heavy atom. The fourth-order valence-corrected chi connectivity index (χ4v) is 3.62. The summed E-state index contributed by atoms with van der Waals surface area (Å²) in [4.78, 5) is 34.6. The van der Waals surface area contributed by atoms with Crippen molar-refractivity contribution in [3.8, 4) is 17.2 Å². The Morgan fingerprint density at radius 3 is 2.53 bits per heavy atom. The van der Waals surface area contributed by atoms with Gasteiger partial charge in [0.05, 0.1) is 26.8 Å². The number of ether oxygens (including phenoxy) is 4. The number of methoxy groups -OCH3 is 4. The van der Waals surface area contributed by atoms with Crippen LogP contribution in [0.2, 0.25) is 0 Å². The molecule has 34 heavy (non-hydrogen) atoms. The summed E-state index contributed by atoms with van der Waals surface area (Å²) in [5, 5.41) is 3.15. The molecule has 1 amide bonds. The summed E-state index contributed by atoms with van der Waals surface area (Å²) in [6.45, 7) is 1.55. The van der Waals surface area contributed by atoms with Gasteiger partial charge in [0, 0.05) is 45.5 Å². The lowest BCUT2D eigenvalue weighted by Gasteiger charge is -2.19. The minimum atomic E-state index is -0.367. The molecule has 0 aliphatic heterocycles. The number of hydrogen-bond acceptors (Lipinski definition) is 8. The highest BCUT2D eigenvalue weighted by Crippen LogP contribution is 2.41. The van der Waals surface area contributed by atoms with Crippen LogP contribution >= 0.6 is 0 Å². The van der Waals surface area contributed by atoms with Gasteiger partial charge in [-0.25, -0.2) is 4.98 Å². The van der Waals surface area contributed by atoms with Gasteiger partial charge >= 0.3 is 0 Å². The number of benzene rings is 2. The van der Waals surface area contributed by atoms with E-state index in [1.807, 2.05) is 18.2 Å². The van der Waals surface area contributed by atoms with E-state index < -0.39 is 0 Å². The number of H-pyrrole nitrogens is 1. The van der Waals surface area contributed by atoms with Crippen LogP contribution in [0.1, 0.15) is 22.3 Å². The van der Waals surface area contributed by atoms with Crippen molar-refractivity contribution in [3.63, 3.8) is 0 Å². The minimum Gasteiger partial charge on any atom is -0.493 e. The molecule has 2 N–H and O–H groups in total. The van der Waals surface area contributed by atoms with Gasteiger partial charge < -0.3 is 29.2 Å². The van der Waals surface area contributed by atoms with Gasteiger partial charge in [-0.05, 0) is 24.1 Å². The highest BCUT2D eigenvalue weighted by atomic mass is 16.5. The highest BCUT2D eigenvalue weighted by molar-refractivity contribution is 5.94. The first-order valence-corrected chi connectivity index (χ1v) is 10.7. The molecule has 1 aromatic heterocycles. The highest BCUT2D eigenvalue weighted by Gasteiger charge is 2.20. The predicted octanol–water partition coefficient (Wildman–Crippen LogP) is 2.35. The summed E-state index contributed by atoms with van der Waals surface area (Å²) in [6, 6.07) is 8.95. The molecule has 0 unspecified atom stereocenters. The molecule has 0 saturated heterocycles. The van der Waals surface area contributed by atoms with E-state index in [1.54, 1.807) is 31.2 Å². The molecule has 0 aliphatic carbocycles. The summed E-state index contributed by atoms with van der Waals surface area (Å²) in [5.41, 5.74) is 1.49. The number of aromatic nitrogens is 2. The number of anilines is 1. The van der Waals surface area contributed by atoms with E-state index in [9.17, 15) is 9.59 Å². The summed E-state index contributed by atoms with van der Waals surface area (Å²) >= 11 is 0. The first-order chi connectivity index (χ1) is 16.4. The first-order valence-electron chi connectivity index (χ1n) is 10.7. The monoisotopic (exact) mass is 470 g/mol. The molecule has 2 aromatic carbocycles. The van der Waals surface area contributed by atoms with Gasteiger partial charge in [-0.3, -0.25) is 14.6 Å². The normalized spacial score (nSPS) is 10.7. The molecular formula is C24H30N4O6. The van der Waals surface area contributed by atoms with Crippen LogP contribution in [0.15, 0.2) is 35.1 Å². The third-order valence-electron chi connectivity index (χ3n) is 5.27. The lowest BCUT2D eigenvalue weighted by Crippen LogP contribution is -2.26. The molecule has 3 aromatic rings. The fraction of sp³-hybridized carbons (Fsp3) is 0.375. The number of nitrogens with one attached hydrogen (secondary N) is 2. The SMILES string of the molecule is COCCCNC(=O)c1cccc(CN(C)c2nc3cc(OC)c(OC)c(OC)c3c(=O)[nH]2)c1. The summed E-state index contributed by atoms with van der Waals surface area (Å²) < 4.78 is 21.2. The average molecular weight is 471 g/mol. The van der Waals surface area contributed by atoms with Crippen LogP contribution in [-0.2, 0) is 11.3 Å². The van der Waals surface area contributed by atoms with E-state index >= 15 is 0 Å². The van der Waals surface area contributed by atoms with Gasteiger partial charge in [0.2, 0.25) is 11.7 Å². The molecular weight excluding hydrogens is 440 g/mol. The van der Waals surface area contributed by atoms with Crippen LogP contribution in [0, 0.1) is 0 Å². The number of amides is 1. The van der Waals surface area contributed by atoms with Crippen molar-refractivity contribution in [1.29, 1.82) is 0 Å². The number of carbonyl (C=O) groups excluding carboxylic acids is 1. The Labute approximate surface area is 197 Å². The lowest BCUT2D eigenvalue weighted by molar-refractivity contribution is 0.0948. The summed E-state index contributed by atoms with van der Waals surface area (Å²) in [6.07, 6.45) is 0.743. The molecule has 182 valence electrons. The Morgan fingerprint density at radius 1 is 1.09 bits per heavy atom. The maximum absolute atomic E-state index is 12.9. The minimum absolute atomic E-state index is 0.147. The molecule has 3 rings (SSSR count). The molecule has 0 fully saturated rings. The zero-order valence-electron chi connectivity index (χ0n) is 20.1. The Bertz CT molecular complexity index is 1210. The molecule has 0 radical (unpaired) electrons. The summed E-state index contributed by atoms with van der Waals surface area (Å²) in [5.74, 6) is 1.20. The molecule has 0 aliphatic rings. The number of carbonyl (C=O) groups is 1. The molecule has 1 heterocycles. The first kappa shape index (κ1) is 24.8. The third-order valence-corrected chi connectivity index (χ3v) is 5.27. The lowest BCUT2D eigenvalue weighted by atomic mass is 10.1. The molecule has 10 heteroatoms. The largest absolute Gasteiger partial charge is 0.493 e. The van der Waals surface area contributed by atoms with Crippen LogP contribution in [0.25, 0.3) is 10.9 Å². The van der Waals surface area contributed by atoms with E-state index in [4.69, 9.17) is 18.9 Å². The Kier molecular flexibility index (Phi) is 8.31. The van der Waals surface area contributed by atoms with Crippen LogP contribution in [0.3, 0.4) is 0 Å². The van der Waals surface area contributed by atoms with Crippen molar-refractivity contribution in [3.05, 3.63) is 51.8 Å². The second-order valence-corrected chi connectivity index (χ2v) is 7.59. The van der Waals surface area contributed by atoms with Crippen molar-refractivity contribution in [1.82, 2.24) is 15.3 Å². The number of fused-ring (bicyclic) bond motifs is 1. The van der Waals surface area contributed by atoms with Crippen molar-refractivity contribution in [2.24, 2.45) is 0 Å². The number of hydrogen-bond donors (Lipinski definition) is 2. The maximum atomic E-state index is 12.9. The molecule has 10 nitrogen and oxygen atoms in total. The second kappa shape index (κ2) is 11.4. The fourth-order valence-electron chi connectivity index (χ4n) is 3.62. The topological polar surface area (TPSA) is 115 Å². The standard InChI is InChI=1S/C24H30N4O6/c1-28(14-15-8-6-9-16(12-15)22(29)25-10-7-11-31-2)24-26-17-13-18(32-3)20(33-4)21(34-5)19(17)23(30)27-24/h6,8-9,12-13H,7,10-11,14H2,1-5H3,(H,25,29)(H,26,27,30). The van der Waals surface area contributed by atoms with Crippen molar-refractivity contribution in [2.75, 3.05) is 53.5 Å². The van der Waals surface area contributed by atoms with Gasteiger partial charge in [0.25, 0.3) is 11.5 Å². The van der Waals surface area contributed by atoms with E-state index in [2.05, 4.69) is 15.3 Å². The van der Waals surface area contributed by atoms with Gasteiger partial charge in [0.15, 0.2) is 11.5 Å². The van der Waals surface area contributed by atoms with Crippen LogP contribution < -0.4 is 30.0 Å². The number of aromatic amines is 1. The average Bonchev–Trinajstić information content (AvgIpc) is 2.85. The van der Waals surface area contributed by atoms with Crippen LogP contribution in [0.4, 0.5) is 5.95 Å². The Balaban J connectivity index is 1.86. The summed E-state index contributed by atoms with van der Waals surface area (Å²) in [7, 11) is 7.87. The predicted molar refractivity (Wildman–Crippen MR) is 129 cm³/mol. The zero-order chi connectivity index (χ0) is 24.7. The van der Waals surface area contributed by atoms with E-state index in [-0.39, 0.29) is 22.6 Å². The Hall–Kier alpha value is -3.79. The van der Waals surface area contributed by atoms with E-state index in [0.717, 1.165) is 12.0 Å². The van der Waals surface area contributed by atoms with Crippen molar-refractivity contribution >= 4 is 22.8 Å². The molecule has 0 bridgehead atoms. The van der Waals surface area contributed by atoms with Gasteiger partial charge in [-0.2, -0.15) is 0 Å². The van der Waals surface area contributed by atoms with E-state index in [1.165, 1.54) is 21.3 Å². The third kappa shape index (κ3) is 5.40.